The first kappa shape index (κ1) is 18.2. The van der Waals surface area contributed by atoms with Gasteiger partial charge in [0.2, 0.25) is 0 Å². The Morgan fingerprint density at radius 3 is 1.54 bits per heavy atom. The third-order valence-corrected chi connectivity index (χ3v) is 5.09. The number of hydrogen-bond donors (Lipinski definition) is 0. The van der Waals surface area contributed by atoms with Gasteiger partial charge in [-0.1, -0.05) is 49.5 Å². The normalized spacial score (nSPS) is 13.9. The van der Waals surface area contributed by atoms with Gasteiger partial charge >= 0.3 is 0 Å². The molecule has 3 rings (SSSR count). The van der Waals surface area contributed by atoms with Crippen LogP contribution in [-0.2, 0) is 9.59 Å². The molecule has 7 heteroatoms. The molecule has 1 aliphatic heterocycles. The van der Waals surface area contributed by atoms with Crippen LogP contribution in [0.1, 0.15) is 13.8 Å². The Morgan fingerprint density at radius 2 is 1.21 bits per heavy atom. The van der Waals surface area contributed by atoms with E-state index in [9.17, 15) is 9.59 Å². The van der Waals surface area contributed by atoms with E-state index in [-0.39, 0.29) is 11.8 Å². The molecule has 0 bridgehead atoms. The number of pyridine rings is 2. The molecule has 0 aliphatic carbocycles. The lowest BCUT2D eigenvalue weighted by atomic mass is 10.5. The van der Waals surface area contributed by atoms with Gasteiger partial charge in [0, 0.05) is 19.4 Å². The number of hydrogen-bond acceptors (Lipinski definition) is 6. The van der Waals surface area contributed by atoms with Crippen LogP contribution in [0, 0.1) is 0 Å². The Hall–Kier alpha value is -2.12. The largest absolute Gasteiger partial charge is 0.277 e. The van der Waals surface area contributed by atoms with Crippen LogP contribution in [0.5, 0.6) is 0 Å². The summed E-state index contributed by atoms with van der Waals surface area (Å²) in [7, 11) is 1.48. The van der Waals surface area contributed by atoms with E-state index >= 15 is 0 Å². The van der Waals surface area contributed by atoms with Crippen molar-refractivity contribution in [2.24, 2.45) is 0 Å². The van der Waals surface area contributed by atoms with Crippen molar-refractivity contribution in [2.45, 2.75) is 23.9 Å². The molecule has 2 amide bonds. The highest BCUT2D eigenvalue weighted by Gasteiger charge is 2.37. The van der Waals surface area contributed by atoms with E-state index in [1.807, 2.05) is 26.0 Å². The maximum Gasteiger partial charge on any atom is 0.268 e. The molecule has 0 unspecified atom stereocenters. The van der Waals surface area contributed by atoms with Crippen molar-refractivity contribution in [2.75, 3.05) is 7.05 Å². The van der Waals surface area contributed by atoms with Gasteiger partial charge in [0.25, 0.3) is 11.8 Å². The summed E-state index contributed by atoms with van der Waals surface area (Å²) in [6.45, 7) is 4.00. The number of carbonyl (C=O) groups is 2. The Balaban J connectivity index is 0.00000100. The zero-order valence-corrected chi connectivity index (χ0v) is 15.2. The SMILES string of the molecule is CC.CN1C(=O)C(Sc2ccccn2)=C(Sc2ccccn2)C1=O. The molecule has 3 heterocycles. The van der Waals surface area contributed by atoms with E-state index < -0.39 is 0 Å². The summed E-state index contributed by atoms with van der Waals surface area (Å²) in [5, 5.41) is 1.35. The fourth-order valence-electron chi connectivity index (χ4n) is 1.80. The van der Waals surface area contributed by atoms with Gasteiger partial charge in [0.1, 0.15) is 10.1 Å². The lowest BCUT2D eigenvalue weighted by Crippen LogP contribution is -2.26. The maximum absolute atomic E-state index is 12.3. The van der Waals surface area contributed by atoms with Crippen LogP contribution in [0.4, 0.5) is 0 Å². The average molecular weight is 359 g/mol. The van der Waals surface area contributed by atoms with Gasteiger partial charge in [0.15, 0.2) is 0 Å². The zero-order valence-electron chi connectivity index (χ0n) is 13.6. The third kappa shape index (κ3) is 4.04. The number of nitrogens with zero attached hydrogens (tertiary/aromatic N) is 3. The smallest absolute Gasteiger partial charge is 0.268 e. The monoisotopic (exact) mass is 359 g/mol. The number of amides is 2. The molecule has 0 fully saturated rings. The second-order valence-electron chi connectivity index (χ2n) is 4.37. The van der Waals surface area contributed by atoms with Crippen LogP contribution in [-0.4, -0.2) is 33.7 Å². The van der Waals surface area contributed by atoms with Crippen LogP contribution in [0.25, 0.3) is 0 Å². The van der Waals surface area contributed by atoms with Crippen LogP contribution < -0.4 is 0 Å². The molecule has 124 valence electrons. The molecule has 0 atom stereocenters. The minimum absolute atomic E-state index is 0.306. The summed E-state index contributed by atoms with van der Waals surface area (Å²) >= 11 is 2.40. The van der Waals surface area contributed by atoms with Gasteiger partial charge in [-0.2, -0.15) is 0 Å². The van der Waals surface area contributed by atoms with Gasteiger partial charge in [-0.15, -0.1) is 0 Å². The number of imide groups is 1. The van der Waals surface area contributed by atoms with E-state index in [2.05, 4.69) is 9.97 Å². The third-order valence-electron chi connectivity index (χ3n) is 2.89. The minimum Gasteiger partial charge on any atom is -0.277 e. The summed E-state index contributed by atoms with van der Waals surface area (Å²) in [5.41, 5.74) is 0. The first-order valence-corrected chi connectivity index (χ1v) is 9.04. The topological polar surface area (TPSA) is 63.2 Å². The number of carbonyl (C=O) groups excluding carboxylic acids is 2. The van der Waals surface area contributed by atoms with E-state index in [0.717, 1.165) is 4.90 Å². The summed E-state index contributed by atoms with van der Waals surface area (Å²) in [5.74, 6) is -0.613. The quantitative estimate of drug-likeness (QED) is 0.777. The molecule has 0 N–H and O–H groups in total. The summed E-state index contributed by atoms with van der Waals surface area (Å²) in [4.78, 5) is 34.9. The second-order valence-corrected chi connectivity index (χ2v) is 6.43. The number of rotatable bonds is 4. The molecule has 2 aromatic heterocycles. The molecule has 0 saturated carbocycles. The van der Waals surface area contributed by atoms with Gasteiger partial charge in [-0.05, 0) is 24.3 Å². The van der Waals surface area contributed by atoms with Gasteiger partial charge in [-0.25, -0.2) is 9.97 Å². The van der Waals surface area contributed by atoms with Gasteiger partial charge < -0.3 is 0 Å². The second kappa shape index (κ2) is 8.65. The number of likely N-dealkylation sites (N-methyl/N-ethyl adjacent to an activating group) is 1. The fraction of sp³-hybridized carbons (Fsp3) is 0.176. The molecule has 0 saturated heterocycles. The number of thioether (sulfide) groups is 2. The van der Waals surface area contributed by atoms with Crippen LogP contribution in [0.15, 0.2) is 68.7 Å². The Labute approximate surface area is 149 Å². The highest BCUT2D eigenvalue weighted by Crippen LogP contribution is 2.40. The predicted octanol–water partition coefficient (Wildman–Crippen LogP) is 3.60. The zero-order chi connectivity index (χ0) is 17.5. The summed E-state index contributed by atoms with van der Waals surface area (Å²) < 4.78 is 0. The Kier molecular flexibility index (Phi) is 6.57. The van der Waals surface area contributed by atoms with Crippen molar-refractivity contribution >= 4 is 35.3 Å². The molecule has 0 spiro atoms. The predicted molar refractivity (Wildman–Crippen MR) is 96.3 cm³/mol. The highest BCUT2D eigenvalue weighted by molar-refractivity contribution is 8.08. The molecule has 0 aromatic carbocycles. The van der Waals surface area contributed by atoms with Crippen molar-refractivity contribution in [3.05, 3.63) is 58.6 Å². The van der Waals surface area contributed by atoms with Crippen molar-refractivity contribution < 1.29 is 9.59 Å². The van der Waals surface area contributed by atoms with E-state index in [1.54, 1.807) is 36.7 Å². The van der Waals surface area contributed by atoms with Crippen molar-refractivity contribution in [1.29, 1.82) is 0 Å². The van der Waals surface area contributed by atoms with E-state index in [0.29, 0.717) is 19.9 Å². The molecule has 1 aliphatic rings. The maximum atomic E-state index is 12.3. The molecule has 0 radical (unpaired) electrons. The molecule has 2 aromatic rings. The minimum atomic E-state index is -0.306. The number of aromatic nitrogens is 2. The summed E-state index contributed by atoms with van der Waals surface area (Å²) in [6.07, 6.45) is 3.30. The fourth-order valence-corrected chi connectivity index (χ4v) is 3.79. The van der Waals surface area contributed by atoms with Gasteiger partial charge in [-0.3, -0.25) is 14.5 Å². The molecular formula is C17H17N3O2S2. The van der Waals surface area contributed by atoms with E-state index in [1.165, 1.54) is 30.6 Å². The van der Waals surface area contributed by atoms with Crippen LogP contribution in [0.3, 0.4) is 0 Å². The Morgan fingerprint density at radius 1 is 0.792 bits per heavy atom. The highest BCUT2D eigenvalue weighted by atomic mass is 32.2. The molecular weight excluding hydrogens is 342 g/mol. The van der Waals surface area contributed by atoms with Crippen molar-refractivity contribution in [3.63, 3.8) is 0 Å². The van der Waals surface area contributed by atoms with E-state index in [4.69, 9.17) is 0 Å². The average Bonchev–Trinajstić information content (AvgIpc) is 2.83. The lowest BCUT2D eigenvalue weighted by Gasteiger charge is -2.05. The summed E-state index contributed by atoms with van der Waals surface area (Å²) in [6, 6.07) is 10.9. The standard InChI is InChI=1S/C15H11N3O2S2.C2H6/c1-18-14(19)12(21-10-6-2-4-8-16-10)13(15(18)20)22-11-7-3-5-9-17-11;1-2/h2-9H,1H3;1-2H3. The first-order valence-electron chi connectivity index (χ1n) is 7.41. The lowest BCUT2D eigenvalue weighted by molar-refractivity contribution is -0.135. The first-order chi connectivity index (χ1) is 11.7. The van der Waals surface area contributed by atoms with Crippen molar-refractivity contribution in [1.82, 2.24) is 14.9 Å². The van der Waals surface area contributed by atoms with Gasteiger partial charge in [0.05, 0.1) is 9.81 Å². The molecule has 5 nitrogen and oxygen atoms in total. The Bertz CT molecular complexity index is 685. The van der Waals surface area contributed by atoms with Crippen LogP contribution >= 0.6 is 23.5 Å². The van der Waals surface area contributed by atoms with Crippen molar-refractivity contribution in [3.8, 4) is 0 Å². The van der Waals surface area contributed by atoms with Crippen LogP contribution in [0.2, 0.25) is 0 Å². The molecule has 24 heavy (non-hydrogen) atoms.